The van der Waals surface area contributed by atoms with Crippen molar-refractivity contribution in [1.29, 1.82) is 0 Å². The summed E-state index contributed by atoms with van der Waals surface area (Å²) in [5.74, 6) is 0.857. The molecule has 0 saturated heterocycles. The van der Waals surface area contributed by atoms with Crippen molar-refractivity contribution in [1.82, 2.24) is 14.8 Å². The summed E-state index contributed by atoms with van der Waals surface area (Å²) >= 11 is 1.62. The van der Waals surface area contributed by atoms with Gasteiger partial charge < -0.3 is 15.8 Å². The van der Waals surface area contributed by atoms with Gasteiger partial charge in [-0.3, -0.25) is 4.68 Å². The highest BCUT2D eigenvalue weighted by Gasteiger charge is 2.20. The summed E-state index contributed by atoms with van der Waals surface area (Å²) in [5, 5.41) is 19.4. The maximum absolute atomic E-state index is 8.92. The molecule has 0 unspecified atom stereocenters. The summed E-state index contributed by atoms with van der Waals surface area (Å²) in [4.78, 5) is 6.43. The molecule has 0 fully saturated rings. The molecule has 8 heteroatoms. The molecule has 0 atom stereocenters. The van der Waals surface area contributed by atoms with Gasteiger partial charge >= 0.3 is 0 Å². The highest BCUT2D eigenvalue weighted by Crippen LogP contribution is 2.23. The Bertz CT molecular complexity index is 644. The smallest absolute Gasteiger partial charge is 0.175 e. The first-order chi connectivity index (χ1) is 9.43. The molecule has 0 aliphatic carbocycles. The van der Waals surface area contributed by atoms with Gasteiger partial charge in [0, 0.05) is 19.5 Å². The van der Waals surface area contributed by atoms with E-state index in [1.54, 1.807) is 16.0 Å². The van der Waals surface area contributed by atoms with Gasteiger partial charge in [-0.2, -0.15) is 5.10 Å². The summed E-state index contributed by atoms with van der Waals surface area (Å²) in [6.45, 7) is 4.44. The average Bonchev–Trinajstić information content (AvgIpc) is 2.91. The standard InChI is InChI=1S/C12H18N6OS/c1-7-10(11(13)16-19)12(18(4)15-7)17(3)5-9-6-20-8(2)14-9/h6,19H,5H2,1-4H3,(H2,13,16). The summed E-state index contributed by atoms with van der Waals surface area (Å²) in [7, 11) is 3.76. The van der Waals surface area contributed by atoms with Crippen molar-refractivity contribution in [2.24, 2.45) is 17.9 Å². The number of oxime groups is 1. The number of amidine groups is 1. The van der Waals surface area contributed by atoms with E-state index in [2.05, 4.69) is 15.2 Å². The van der Waals surface area contributed by atoms with E-state index in [1.165, 1.54) is 0 Å². The Labute approximate surface area is 121 Å². The van der Waals surface area contributed by atoms with E-state index in [0.29, 0.717) is 12.1 Å². The molecule has 2 aromatic heterocycles. The molecule has 0 radical (unpaired) electrons. The van der Waals surface area contributed by atoms with Crippen LogP contribution in [0.5, 0.6) is 0 Å². The summed E-state index contributed by atoms with van der Waals surface area (Å²) in [6.07, 6.45) is 0. The molecular weight excluding hydrogens is 276 g/mol. The van der Waals surface area contributed by atoms with Crippen molar-refractivity contribution in [2.75, 3.05) is 11.9 Å². The third kappa shape index (κ3) is 2.60. The Kier molecular flexibility index (Phi) is 3.93. The largest absolute Gasteiger partial charge is 0.409 e. The second kappa shape index (κ2) is 5.49. The minimum absolute atomic E-state index is 0.0620. The molecule has 0 aliphatic rings. The van der Waals surface area contributed by atoms with Crippen LogP contribution < -0.4 is 10.6 Å². The lowest BCUT2D eigenvalue weighted by molar-refractivity contribution is 0.318. The van der Waals surface area contributed by atoms with Gasteiger partial charge in [0.2, 0.25) is 0 Å². The predicted octanol–water partition coefficient (Wildman–Crippen LogP) is 1.22. The molecule has 0 spiro atoms. The van der Waals surface area contributed by atoms with Crippen molar-refractivity contribution in [2.45, 2.75) is 20.4 Å². The normalized spacial score (nSPS) is 11.9. The van der Waals surface area contributed by atoms with E-state index in [1.807, 2.05) is 38.2 Å². The van der Waals surface area contributed by atoms with Crippen LogP contribution in [0.25, 0.3) is 0 Å². The van der Waals surface area contributed by atoms with E-state index in [9.17, 15) is 0 Å². The Morgan fingerprint density at radius 2 is 2.25 bits per heavy atom. The molecule has 2 heterocycles. The molecule has 2 aromatic rings. The number of nitrogens with two attached hydrogens (primary N) is 1. The number of aryl methyl sites for hydroxylation is 3. The van der Waals surface area contributed by atoms with Gasteiger partial charge in [0.1, 0.15) is 5.82 Å². The second-order valence-corrected chi connectivity index (χ2v) is 5.67. The molecule has 0 aromatic carbocycles. The van der Waals surface area contributed by atoms with Crippen LogP contribution in [0.4, 0.5) is 5.82 Å². The highest BCUT2D eigenvalue weighted by atomic mass is 32.1. The predicted molar refractivity (Wildman–Crippen MR) is 79.4 cm³/mol. The Morgan fingerprint density at radius 3 is 2.80 bits per heavy atom. The topological polar surface area (TPSA) is 92.6 Å². The number of rotatable bonds is 4. The van der Waals surface area contributed by atoms with Crippen LogP contribution in [0.1, 0.15) is 22.0 Å². The van der Waals surface area contributed by atoms with E-state index >= 15 is 0 Å². The second-order valence-electron chi connectivity index (χ2n) is 4.61. The van der Waals surface area contributed by atoms with E-state index in [4.69, 9.17) is 10.9 Å². The van der Waals surface area contributed by atoms with Crippen molar-refractivity contribution >= 4 is 23.0 Å². The minimum atomic E-state index is 0.0620. The number of hydrogen-bond acceptors (Lipinski definition) is 6. The van der Waals surface area contributed by atoms with Crippen LogP contribution in [0.2, 0.25) is 0 Å². The fraction of sp³-hybridized carbons (Fsp3) is 0.417. The highest BCUT2D eigenvalue weighted by molar-refractivity contribution is 7.09. The molecule has 3 N–H and O–H groups in total. The fourth-order valence-corrected chi connectivity index (χ4v) is 2.84. The SMILES string of the molecule is Cc1nc(CN(C)c2c(C(N)=NO)c(C)nn2C)cs1. The zero-order chi connectivity index (χ0) is 14.9. The van der Waals surface area contributed by atoms with Gasteiger partial charge in [-0.25, -0.2) is 4.98 Å². The maximum atomic E-state index is 8.92. The fourth-order valence-electron chi connectivity index (χ4n) is 2.23. The minimum Gasteiger partial charge on any atom is -0.409 e. The third-order valence-corrected chi connectivity index (χ3v) is 3.81. The number of hydrogen-bond donors (Lipinski definition) is 2. The van der Waals surface area contributed by atoms with Crippen molar-refractivity contribution in [3.05, 3.63) is 27.3 Å². The van der Waals surface area contributed by atoms with Crippen LogP contribution in [0.15, 0.2) is 10.5 Å². The first-order valence-corrected chi connectivity index (χ1v) is 6.95. The first kappa shape index (κ1) is 14.3. The first-order valence-electron chi connectivity index (χ1n) is 6.07. The molecule has 0 saturated carbocycles. The third-order valence-electron chi connectivity index (χ3n) is 2.98. The Hall–Kier alpha value is -2.09. The van der Waals surface area contributed by atoms with Gasteiger partial charge in [-0.05, 0) is 13.8 Å². The molecule has 2 rings (SSSR count). The lowest BCUT2D eigenvalue weighted by Crippen LogP contribution is -2.24. The summed E-state index contributed by atoms with van der Waals surface area (Å²) in [6, 6.07) is 0. The number of aromatic nitrogens is 3. The Balaban J connectivity index is 2.36. The molecular formula is C12H18N6OS. The summed E-state index contributed by atoms with van der Waals surface area (Å²) in [5.41, 5.74) is 8.10. The van der Waals surface area contributed by atoms with Crippen molar-refractivity contribution in [3.8, 4) is 0 Å². The zero-order valence-electron chi connectivity index (χ0n) is 12.0. The van der Waals surface area contributed by atoms with Crippen LogP contribution in [-0.2, 0) is 13.6 Å². The van der Waals surface area contributed by atoms with Crippen LogP contribution in [-0.4, -0.2) is 32.9 Å². The van der Waals surface area contributed by atoms with Gasteiger partial charge in [0.15, 0.2) is 5.84 Å². The summed E-state index contributed by atoms with van der Waals surface area (Å²) < 4.78 is 1.72. The lowest BCUT2D eigenvalue weighted by atomic mass is 10.2. The molecule has 0 aliphatic heterocycles. The molecule has 20 heavy (non-hydrogen) atoms. The average molecular weight is 294 g/mol. The molecule has 0 bridgehead atoms. The zero-order valence-corrected chi connectivity index (χ0v) is 12.8. The Morgan fingerprint density at radius 1 is 1.55 bits per heavy atom. The van der Waals surface area contributed by atoms with Crippen molar-refractivity contribution < 1.29 is 5.21 Å². The quantitative estimate of drug-likeness (QED) is 0.383. The van der Waals surface area contributed by atoms with E-state index < -0.39 is 0 Å². The number of anilines is 1. The monoisotopic (exact) mass is 294 g/mol. The van der Waals surface area contributed by atoms with E-state index in [-0.39, 0.29) is 5.84 Å². The lowest BCUT2D eigenvalue weighted by Gasteiger charge is -2.19. The molecule has 7 nitrogen and oxygen atoms in total. The molecule has 0 amide bonds. The number of thiazole rings is 1. The van der Waals surface area contributed by atoms with E-state index in [0.717, 1.165) is 22.2 Å². The number of nitrogens with zero attached hydrogens (tertiary/aromatic N) is 5. The van der Waals surface area contributed by atoms with Crippen LogP contribution >= 0.6 is 11.3 Å². The van der Waals surface area contributed by atoms with Gasteiger partial charge in [-0.1, -0.05) is 5.16 Å². The maximum Gasteiger partial charge on any atom is 0.175 e. The van der Waals surface area contributed by atoms with Gasteiger partial charge in [0.25, 0.3) is 0 Å². The van der Waals surface area contributed by atoms with Crippen LogP contribution in [0.3, 0.4) is 0 Å². The van der Waals surface area contributed by atoms with Crippen LogP contribution in [0, 0.1) is 13.8 Å². The molecule has 108 valence electrons. The van der Waals surface area contributed by atoms with Crippen molar-refractivity contribution in [3.63, 3.8) is 0 Å². The van der Waals surface area contributed by atoms with Gasteiger partial charge in [-0.15, -0.1) is 11.3 Å². The van der Waals surface area contributed by atoms with Gasteiger partial charge in [0.05, 0.1) is 28.5 Å².